The molecule has 0 aliphatic carbocycles. The zero-order valence-electron chi connectivity index (χ0n) is 10.5. The highest BCUT2D eigenvalue weighted by molar-refractivity contribution is 5.94. The highest BCUT2D eigenvalue weighted by Gasteiger charge is 2.16. The summed E-state index contributed by atoms with van der Waals surface area (Å²) in [4.78, 5) is 11.6. The van der Waals surface area contributed by atoms with Gasteiger partial charge in [0.2, 0.25) is 0 Å². The Hall–Kier alpha value is -1.60. The summed E-state index contributed by atoms with van der Waals surface area (Å²) in [7, 11) is 2.91. The molecule has 1 aromatic carbocycles. The zero-order valence-corrected chi connectivity index (χ0v) is 10.5. The van der Waals surface area contributed by atoms with Gasteiger partial charge in [0.05, 0.1) is 12.7 Å². The Labute approximate surface area is 108 Å². The minimum Gasteiger partial charge on any atom is -0.382 e. The van der Waals surface area contributed by atoms with Crippen molar-refractivity contribution in [1.82, 2.24) is 5.32 Å². The molecule has 1 atom stereocenters. The van der Waals surface area contributed by atoms with E-state index in [1.54, 1.807) is 0 Å². The molecule has 7 heteroatoms. The monoisotopic (exact) mass is 277 g/mol. The number of hydrogen-bond acceptors (Lipinski definition) is 3. The molecular weight excluding hydrogens is 263 g/mol. The molecule has 0 spiro atoms. The lowest BCUT2D eigenvalue weighted by Crippen LogP contribution is -2.35. The van der Waals surface area contributed by atoms with E-state index in [2.05, 4.69) is 5.32 Å². The number of benzene rings is 1. The van der Waals surface area contributed by atoms with E-state index in [1.165, 1.54) is 14.2 Å². The molecule has 4 nitrogen and oxygen atoms in total. The first kappa shape index (κ1) is 15.5. The fraction of sp³-hybridized carbons (Fsp3) is 0.417. The van der Waals surface area contributed by atoms with Gasteiger partial charge >= 0.3 is 0 Å². The second-order valence-electron chi connectivity index (χ2n) is 3.78. The van der Waals surface area contributed by atoms with Crippen LogP contribution in [0, 0.1) is 17.5 Å². The van der Waals surface area contributed by atoms with E-state index in [0.717, 1.165) is 0 Å². The van der Waals surface area contributed by atoms with Gasteiger partial charge < -0.3 is 14.8 Å². The number of halogens is 3. The third-order valence-corrected chi connectivity index (χ3v) is 2.42. The summed E-state index contributed by atoms with van der Waals surface area (Å²) in [5.74, 6) is -5.16. The fourth-order valence-electron chi connectivity index (χ4n) is 1.39. The Morgan fingerprint density at radius 2 is 1.84 bits per heavy atom. The number of rotatable bonds is 6. The third kappa shape index (κ3) is 4.22. The van der Waals surface area contributed by atoms with E-state index in [9.17, 15) is 18.0 Å². The molecule has 0 aliphatic heterocycles. The molecule has 0 saturated heterocycles. The molecule has 1 aromatic rings. The van der Waals surface area contributed by atoms with Crippen LogP contribution in [-0.2, 0) is 9.47 Å². The van der Waals surface area contributed by atoms with E-state index in [0.29, 0.717) is 12.1 Å². The molecule has 1 rings (SSSR count). The molecular formula is C12H14F3NO3. The van der Waals surface area contributed by atoms with Crippen LogP contribution in [0.1, 0.15) is 10.4 Å². The maximum atomic E-state index is 12.9. The van der Waals surface area contributed by atoms with E-state index < -0.39 is 23.4 Å². The average Bonchev–Trinajstić information content (AvgIpc) is 2.39. The van der Waals surface area contributed by atoms with Crippen molar-refractivity contribution < 1.29 is 27.4 Å². The number of methoxy groups -OCH3 is 2. The Kier molecular flexibility index (Phi) is 5.78. The van der Waals surface area contributed by atoms with Gasteiger partial charge in [0.25, 0.3) is 5.91 Å². The van der Waals surface area contributed by atoms with Crippen LogP contribution < -0.4 is 5.32 Å². The summed E-state index contributed by atoms with van der Waals surface area (Å²) in [6, 6.07) is 1.26. The Balaban J connectivity index is 2.68. The summed E-state index contributed by atoms with van der Waals surface area (Å²) in [6.07, 6.45) is -0.385. The number of nitrogens with one attached hydrogen (secondary N) is 1. The molecule has 1 unspecified atom stereocenters. The molecule has 0 heterocycles. The predicted octanol–water partition coefficient (Wildman–Crippen LogP) is 1.50. The van der Waals surface area contributed by atoms with Crippen LogP contribution in [0.15, 0.2) is 12.1 Å². The lowest BCUT2D eigenvalue weighted by molar-refractivity contribution is 0.0285. The molecule has 1 N–H and O–H groups in total. The second kappa shape index (κ2) is 7.10. The van der Waals surface area contributed by atoms with Gasteiger partial charge in [0.15, 0.2) is 17.5 Å². The van der Waals surface area contributed by atoms with Gasteiger partial charge in [-0.05, 0) is 12.1 Å². The van der Waals surface area contributed by atoms with Crippen molar-refractivity contribution in [2.45, 2.75) is 6.10 Å². The smallest absolute Gasteiger partial charge is 0.251 e. The van der Waals surface area contributed by atoms with E-state index in [4.69, 9.17) is 9.47 Å². The maximum absolute atomic E-state index is 12.9. The third-order valence-electron chi connectivity index (χ3n) is 2.42. The van der Waals surface area contributed by atoms with E-state index in [1.807, 2.05) is 0 Å². The first-order valence-electron chi connectivity index (χ1n) is 5.44. The quantitative estimate of drug-likeness (QED) is 0.801. The van der Waals surface area contributed by atoms with Gasteiger partial charge in [-0.2, -0.15) is 0 Å². The Bertz CT molecular complexity index is 431. The predicted molar refractivity (Wildman–Crippen MR) is 61.3 cm³/mol. The Morgan fingerprint density at radius 3 is 2.32 bits per heavy atom. The van der Waals surface area contributed by atoms with Crippen molar-refractivity contribution in [3.63, 3.8) is 0 Å². The number of ether oxygens (including phenoxy) is 2. The van der Waals surface area contributed by atoms with Gasteiger partial charge in [-0.25, -0.2) is 13.2 Å². The van der Waals surface area contributed by atoms with Crippen molar-refractivity contribution in [3.05, 3.63) is 35.1 Å². The van der Waals surface area contributed by atoms with Crippen molar-refractivity contribution in [2.75, 3.05) is 27.4 Å². The lowest BCUT2D eigenvalue weighted by atomic mass is 10.2. The topological polar surface area (TPSA) is 47.6 Å². The molecule has 0 aliphatic rings. The van der Waals surface area contributed by atoms with Gasteiger partial charge in [-0.3, -0.25) is 4.79 Å². The summed E-state index contributed by atoms with van der Waals surface area (Å²) in [6.45, 7) is 0.354. The average molecular weight is 277 g/mol. The fourth-order valence-corrected chi connectivity index (χ4v) is 1.39. The maximum Gasteiger partial charge on any atom is 0.251 e. The van der Waals surface area contributed by atoms with Crippen LogP contribution in [0.2, 0.25) is 0 Å². The highest BCUT2D eigenvalue weighted by atomic mass is 19.2. The van der Waals surface area contributed by atoms with Crippen molar-refractivity contribution >= 4 is 5.91 Å². The van der Waals surface area contributed by atoms with Crippen LogP contribution >= 0.6 is 0 Å². The molecule has 0 radical (unpaired) electrons. The standard InChI is InChI=1S/C12H14F3NO3/c1-18-6-8(19-2)5-16-12(17)7-3-9(13)11(15)10(14)4-7/h3-4,8H,5-6H2,1-2H3,(H,16,17). The van der Waals surface area contributed by atoms with Crippen LogP contribution in [0.25, 0.3) is 0 Å². The van der Waals surface area contributed by atoms with Crippen molar-refractivity contribution in [2.24, 2.45) is 0 Å². The van der Waals surface area contributed by atoms with Crippen LogP contribution in [0.5, 0.6) is 0 Å². The highest BCUT2D eigenvalue weighted by Crippen LogP contribution is 2.13. The zero-order chi connectivity index (χ0) is 14.4. The molecule has 0 bridgehead atoms. The van der Waals surface area contributed by atoms with Crippen LogP contribution in [0.4, 0.5) is 13.2 Å². The first-order valence-corrected chi connectivity index (χ1v) is 5.44. The van der Waals surface area contributed by atoms with E-state index >= 15 is 0 Å². The van der Waals surface area contributed by atoms with Gasteiger partial charge in [0, 0.05) is 26.3 Å². The number of amides is 1. The molecule has 0 saturated carbocycles. The summed E-state index contributed by atoms with van der Waals surface area (Å²) >= 11 is 0. The minimum absolute atomic E-state index is 0.101. The molecule has 19 heavy (non-hydrogen) atoms. The number of carbonyl (C=O) groups excluding carboxylic acids is 1. The van der Waals surface area contributed by atoms with Gasteiger partial charge in [0.1, 0.15) is 0 Å². The first-order chi connectivity index (χ1) is 8.99. The van der Waals surface area contributed by atoms with Crippen molar-refractivity contribution in [1.29, 1.82) is 0 Å². The lowest BCUT2D eigenvalue weighted by Gasteiger charge is -2.15. The van der Waals surface area contributed by atoms with Crippen LogP contribution in [0.3, 0.4) is 0 Å². The van der Waals surface area contributed by atoms with Crippen molar-refractivity contribution in [3.8, 4) is 0 Å². The largest absolute Gasteiger partial charge is 0.382 e. The van der Waals surface area contributed by atoms with Gasteiger partial charge in [-0.1, -0.05) is 0 Å². The summed E-state index contributed by atoms with van der Waals surface area (Å²) < 4.78 is 48.5. The molecule has 0 fully saturated rings. The molecule has 1 amide bonds. The summed E-state index contributed by atoms with van der Waals surface area (Å²) in [5.41, 5.74) is -0.302. The van der Waals surface area contributed by atoms with Crippen LogP contribution in [-0.4, -0.2) is 39.4 Å². The Morgan fingerprint density at radius 1 is 1.26 bits per heavy atom. The minimum atomic E-state index is -1.61. The second-order valence-corrected chi connectivity index (χ2v) is 3.78. The SMILES string of the molecule is COCC(CNC(=O)c1cc(F)c(F)c(F)c1)OC. The molecule has 0 aromatic heterocycles. The van der Waals surface area contributed by atoms with Gasteiger partial charge in [-0.15, -0.1) is 0 Å². The normalized spacial score (nSPS) is 12.3. The number of hydrogen-bond donors (Lipinski definition) is 1. The summed E-state index contributed by atoms with van der Waals surface area (Å²) in [5, 5.41) is 2.41. The van der Waals surface area contributed by atoms with E-state index in [-0.39, 0.29) is 24.8 Å². The number of carbonyl (C=O) groups is 1. The molecule has 106 valence electrons.